The van der Waals surface area contributed by atoms with E-state index in [1.165, 1.54) is 32.1 Å². The number of hydrogen-bond donors (Lipinski definition) is 1. The van der Waals surface area contributed by atoms with Crippen molar-refractivity contribution in [3.8, 4) is 11.5 Å². The Hall–Kier alpha value is -2.35. The molecule has 8 heteroatoms. The molecule has 1 amide bonds. The first-order valence-electron chi connectivity index (χ1n) is 9.79. The standard InChI is InChI=1S/C20H31N3O5/c1-5-28-18-12-15(16(23(25)26)13-17(18)27-4)19(24)21-14-20(22(2)3)10-8-6-7-9-11-20/h12-13H,5-11,14H2,1-4H3,(H,21,24). The summed E-state index contributed by atoms with van der Waals surface area (Å²) in [7, 11) is 5.47. The maximum absolute atomic E-state index is 12.9. The minimum absolute atomic E-state index is 0.0169. The highest BCUT2D eigenvalue weighted by Crippen LogP contribution is 2.35. The number of carbonyl (C=O) groups is 1. The first-order valence-corrected chi connectivity index (χ1v) is 9.79. The number of rotatable bonds is 8. The van der Waals surface area contributed by atoms with Crippen LogP contribution in [0.25, 0.3) is 0 Å². The topological polar surface area (TPSA) is 93.9 Å². The quantitative estimate of drug-likeness (QED) is 0.413. The van der Waals surface area contributed by atoms with E-state index in [0.717, 1.165) is 25.7 Å². The third-order valence-corrected chi connectivity index (χ3v) is 5.58. The van der Waals surface area contributed by atoms with E-state index in [-0.39, 0.29) is 22.5 Å². The monoisotopic (exact) mass is 393 g/mol. The Morgan fingerprint density at radius 2 is 1.86 bits per heavy atom. The molecule has 0 unspecified atom stereocenters. The lowest BCUT2D eigenvalue weighted by atomic mass is 9.88. The van der Waals surface area contributed by atoms with Crippen LogP contribution in [0.4, 0.5) is 5.69 Å². The SMILES string of the molecule is CCOc1cc(C(=O)NCC2(N(C)C)CCCCCC2)c([N+](=O)[O-])cc1OC. The predicted octanol–water partition coefficient (Wildman–Crippen LogP) is 3.39. The van der Waals surface area contributed by atoms with Crippen LogP contribution in [0, 0.1) is 10.1 Å². The number of nitrogens with one attached hydrogen (secondary N) is 1. The van der Waals surface area contributed by atoms with Crippen molar-refractivity contribution in [3.63, 3.8) is 0 Å². The van der Waals surface area contributed by atoms with Crippen LogP contribution < -0.4 is 14.8 Å². The van der Waals surface area contributed by atoms with Crippen molar-refractivity contribution in [1.29, 1.82) is 0 Å². The van der Waals surface area contributed by atoms with Gasteiger partial charge in [0.1, 0.15) is 5.56 Å². The van der Waals surface area contributed by atoms with E-state index in [2.05, 4.69) is 10.2 Å². The minimum Gasteiger partial charge on any atom is -0.493 e. The van der Waals surface area contributed by atoms with Gasteiger partial charge in [0.2, 0.25) is 0 Å². The molecule has 0 bridgehead atoms. The van der Waals surface area contributed by atoms with Gasteiger partial charge in [0.15, 0.2) is 11.5 Å². The fraction of sp³-hybridized carbons (Fsp3) is 0.650. The normalized spacial score (nSPS) is 16.3. The van der Waals surface area contributed by atoms with Crippen molar-refractivity contribution in [1.82, 2.24) is 10.2 Å². The average Bonchev–Trinajstić information content (AvgIpc) is 2.92. The molecule has 156 valence electrons. The molecule has 1 aliphatic carbocycles. The number of methoxy groups -OCH3 is 1. The van der Waals surface area contributed by atoms with Gasteiger partial charge in [-0.25, -0.2) is 0 Å². The van der Waals surface area contributed by atoms with E-state index in [9.17, 15) is 14.9 Å². The van der Waals surface area contributed by atoms with Gasteiger partial charge in [-0.15, -0.1) is 0 Å². The van der Waals surface area contributed by atoms with Crippen LogP contribution >= 0.6 is 0 Å². The molecule has 1 aliphatic rings. The molecule has 8 nitrogen and oxygen atoms in total. The zero-order valence-corrected chi connectivity index (χ0v) is 17.2. The molecule has 1 fully saturated rings. The largest absolute Gasteiger partial charge is 0.493 e. The summed E-state index contributed by atoms with van der Waals surface area (Å²) in [5.74, 6) is 0.0805. The number of amides is 1. The van der Waals surface area contributed by atoms with Crippen molar-refractivity contribution in [2.24, 2.45) is 0 Å². The Kier molecular flexibility index (Phi) is 7.62. The third kappa shape index (κ3) is 4.92. The highest BCUT2D eigenvalue weighted by atomic mass is 16.6. The summed E-state index contributed by atoms with van der Waals surface area (Å²) in [4.78, 5) is 26.0. The molecule has 0 spiro atoms. The number of nitro benzene ring substituents is 1. The van der Waals surface area contributed by atoms with Crippen LogP contribution in [0.5, 0.6) is 11.5 Å². The van der Waals surface area contributed by atoms with Gasteiger partial charge < -0.3 is 19.7 Å². The first kappa shape index (κ1) is 21.9. The number of ether oxygens (including phenoxy) is 2. The first-order chi connectivity index (χ1) is 13.3. The van der Waals surface area contributed by atoms with Crippen molar-refractivity contribution in [2.45, 2.75) is 51.0 Å². The Bertz CT molecular complexity index is 697. The summed E-state index contributed by atoms with van der Waals surface area (Å²) in [6.45, 7) is 2.61. The number of carbonyl (C=O) groups excluding carboxylic acids is 1. The third-order valence-electron chi connectivity index (χ3n) is 5.58. The molecule has 0 saturated heterocycles. The van der Waals surface area contributed by atoms with Gasteiger partial charge in [-0.05, 0) is 33.9 Å². The van der Waals surface area contributed by atoms with E-state index >= 15 is 0 Å². The average molecular weight is 393 g/mol. The lowest BCUT2D eigenvalue weighted by Crippen LogP contribution is -2.52. The van der Waals surface area contributed by atoms with Crippen LogP contribution in [0.3, 0.4) is 0 Å². The number of likely N-dealkylation sites (N-methyl/N-ethyl adjacent to an activating group) is 1. The van der Waals surface area contributed by atoms with E-state index in [1.54, 1.807) is 6.92 Å². The summed E-state index contributed by atoms with van der Waals surface area (Å²) in [6, 6.07) is 2.64. The molecule has 2 rings (SSSR count). The van der Waals surface area contributed by atoms with Gasteiger partial charge in [-0.3, -0.25) is 14.9 Å². The van der Waals surface area contributed by atoms with Gasteiger partial charge in [0.05, 0.1) is 24.7 Å². The summed E-state index contributed by atoms with van der Waals surface area (Å²) < 4.78 is 10.7. The van der Waals surface area contributed by atoms with E-state index in [1.807, 2.05) is 14.1 Å². The van der Waals surface area contributed by atoms with Crippen LogP contribution in [0.15, 0.2) is 12.1 Å². The van der Waals surface area contributed by atoms with Crippen LogP contribution in [0.2, 0.25) is 0 Å². The summed E-state index contributed by atoms with van der Waals surface area (Å²) in [5.41, 5.74) is -0.440. The van der Waals surface area contributed by atoms with Crippen molar-refractivity contribution >= 4 is 11.6 Å². The Morgan fingerprint density at radius 1 is 1.21 bits per heavy atom. The maximum atomic E-state index is 12.9. The molecule has 0 atom stereocenters. The molecular weight excluding hydrogens is 362 g/mol. The number of nitro groups is 1. The Morgan fingerprint density at radius 3 is 2.36 bits per heavy atom. The molecule has 1 aromatic rings. The smallest absolute Gasteiger partial charge is 0.286 e. The Balaban J connectivity index is 2.29. The molecule has 0 aliphatic heterocycles. The molecule has 1 saturated carbocycles. The van der Waals surface area contributed by atoms with Crippen molar-refractivity contribution in [2.75, 3.05) is 34.4 Å². The van der Waals surface area contributed by atoms with Crippen LogP contribution in [-0.2, 0) is 0 Å². The van der Waals surface area contributed by atoms with Gasteiger partial charge in [0.25, 0.3) is 11.6 Å². The highest BCUT2D eigenvalue weighted by Gasteiger charge is 2.34. The van der Waals surface area contributed by atoms with Crippen LogP contribution in [-0.4, -0.2) is 55.6 Å². The number of benzene rings is 1. The highest BCUT2D eigenvalue weighted by molar-refractivity contribution is 5.99. The molecule has 0 aromatic heterocycles. The molecule has 1 N–H and O–H groups in total. The van der Waals surface area contributed by atoms with E-state index < -0.39 is 10.8 Å². The summed E-state index contributed by atoms with van der Waals surface area (Å²) in [6.07, 6.45) is 6.62. The maximum Gasteiger partial charge on any atom is 0.286 e. The van der Waals surface area contributed by atoms with Gasteiger partial charge in [-0.2, -0.15) is 0 Å². The molecule has 1 aromatic carbocycles. The van der Waals surface area contributed by atoms with Crippen LogP contribution in [0.1, 0.15) is 55.8 Å². The molecule has 0 heterocycles. The van der Waals surface area contributed by atoms with Crippen molar-refractivity contribution in [3.05, 3.63) is 27.8 Å². The summed E-state index contributed by atoms with van der Waals surface area (Å²) >= 11 is 0. The zero-order valence-electron chi connectivity index (χ0n) is 17.2. The molecule has 0 radical (unpaired) electrons. The fourth-order valence-electron chi connectivity index (χ4n) is 3.82. The fourth-order valence-corrected chi connectivity index (χ4v) is 3.82. The second kappa shape index (κ2) is 9.73. The second-order valence-corrected chi connectivity index (χ2v) is 7.43. The number of hydrogen-bond acceptors (Lipinski definition) is 6. The van der Waals surface area contributed by atoms with E-state index in [4.69, 9.17) is 9.47 Å². The molecule has 28 heavy (non-hydrogen) atoms. The lowest BCUT2D eigenvalue weighted by molar-refractivity contribution is -0.385. The van der Waals surface area contributed by atoms with Gasteiger partial charge in [0, 0.05) is 18.2 Å². The van der Waals surface area contributed by atoms with E-state index in [0.29, 0.717) is 18.9 Å². The second-order valence-electron chi connectivity index (χ2n) is 7.43. The van der Waals surface area contributed by atoms with Gasteiger partial charge >= 0.3 is 0 Å². The molecular formula is C20H31N3O5. The zero-order chi connectivity index (χ0) is 20.7. The predicted molar refractivity (Wildman–Crippen MR) is 107 cm³/mol. The lowest BCUT2D eigenvalue weighted by Gasteiger charge is -2.39. The Labute approximate surface area is 166 Å². The van der Waals surface area contributed by atoms with Crippen molar-refractivity contribution < 1.29 is 19.2 Å². The minimum atomic E-state index is -0.569. The number of nitrogens with zero attached hydrogens (tertiary/aromatic N) is 2. The van der Waals surface area contributed by atoms with Gasteiger partial charge in [-0.1, -0.05) is 25.7 Å². The summed E-state index contributed by atoms with van der Waals surface area (Å²) in [5, 5.41) is 14.4.